The first kappa shape index (κ1) is 26.7. The quantitative estimate of drug-likeness (QED) is 0.186. The van der Waals surface area contributed by atoms with Crippen molar-refractivity contribution in [2.24, 2.45) is 0 Å². The van der Waals surface area contributed by atoms with E-state index in [2.05, 4.69) is 23.2 Å². The summed E-state index contributed by atoms with van der Waals surface area (Å²) in [6.45, 7) is 3.87. The normalized spacial score (nSPS) is 10.8. The van der Waals surface area contributed by atoms with E-state index in [1.54, 1.807) is 11.8 Å². The zero-order chi connectivity index (χ0) is 26.1. The van der Waals surface area contributed by atoms with E-state index in [9.17, 15) is 5.11 Å². The van der Waals surface area contributed by atoms with Gasteiger partial charge in [-0.25, -0.2) is 9.97 Å². The minimum atomic E-state index is 0. The van der Waals surface area contributed by atoms with Crippen LogP contribution in [0.2, 0.25) is 0 Å². The van der Waals surface area contributed by atoms with E-state index in [0.717, 1.165) is 42.9 Å². The Morgan fingerprint density at radius 1 is 0.744 bits per heavy atom. The molecule has 4 aromatic carbocycles. The van der Waals surface area contributed by atoms with Crippen LogP contribution in [0, 0.1) is 19.9 Å². The summed E-state index contributed by atoms with van der Waals surface area (Å²) < 4.78 is 0. The van der Waals surface area contributed by atoms with Gasteiger partial charge in [-0.05, 0) is 42.5 Å². The van der Waals surface area contributed by atoms with Crippen LogP contribution >= 0.6 is 11.8 Å². The molecule has 0 aliphatic rings. The maximum absolute atomic E-state index is 10.9. The second-order valence-corrected chi connectivity index (χ2v) is 10.0. The van der Waals surface area contributed by atoms with Crippen molar-refractivity contribution in [1.82, 2.24) is 19.9 Å². The van der Waals surface area contributed by atoms with Crippen LogP contribution in [-0.2, 0) is 21.1 Å². The zero-order valence-corrected chi connectivity index (χ0v) is 24.3. The third-order valence-corrected chi connectivity index (χ3v) is 7.18. The number of benzene rings is 4. The van der Waals surface area contributed by atoms with Crippen LogP contribution in [-0.4, -0.2) is 25.0 Å². The molecule has 0 bridgehead atoms. The number of rotatable bonds is 5. The van der Waals surface area contributed by atoms with E-state index in [1.165, 1.54) is 0 Å². The van der Waals surface area contributed by atoms with Gasteiger partial charge in [-0.1, -0.05) is 77.3 Å². The number of fused-ring (bicyclic) bond motifs is 1. The number of nitrogens with zero attached hydrogens (tertiary/aromatic N) is 4. The molecule has 0 amide bonds. The molecule has 0 aliphatic carbocycles. The van der Waals surface area contributed by atoms with Crippen molar-refractivity contribution >= 4 is 22.5 Å². The van der Waals surface area contributed by atoms with Crippen molar-refractivity contribution in [2.75, 3.05) is 0 Å². The maximum atomic E-state index is 10.9. The number of phenols is 1. The van der Waals surface area contributed by atoms with Gasteiger partial charge in [-0.15, -0.1) is 29.8 Å². The molecule has 0 atom stereocenters. The molecule has 0 unspecified atom stereocenters. The van der Waals surface area contributed by atoms with Gasteiger partial charge in [0.15, 0.2) is 11.6 Å². The van der Waals surface area contributed by atoms with Crippen molar-refractivity contribution in [1.29, 1.82) is 0 Å². The summed E-state index contributed by atoms with van der Waals surface area (Å²) in [5.74, 6) is 1.61. The molecule has 6 aromatic rings. The average Bonchev–Trinajstić information content (AvgIpc) is 2.95. The van der Waals surface area contributed by atoms with E-state index in [0.29, 0.717) is 23.0 Å². The van der Waals surface area contributed by atoms with Crippen LogP contribution < -0.4 is 0 Å². The van der Waals surface area contributed by atoms with Gasteiger partial charge in [0, 0.05) is 38.2 Å². The molecule has 5 nitrogen and oxygen atoms in total. The number of hydrogen-bond donors (Lipinski definition) is 1. The molecule has 39 heavy (non-hydrogen) atoms. The smallest absolute Gasteiger partial charge is 0.158 e. The number of pyridine rings is 1. The molecular formula is C32H23N4OPtS-. The Hall–Kier alpha value is -3.86. The van der Waals surface area contributed by atoms with Gasteiger partial charge in [-0.3, -0.25) is 9.97 Å². The van der Waals surface area contributed by atoms with Crippen LogP contribution in [0.15, 0.2) is 107 Å². The third kappa shape index (κ3) is 5.63. The Morgan fingerprint density at radius 2 is 1.49 bits per heavy atom. The number of aromatic nitrogens is 4. The molecule has 0 spiro atoms. The summed E-state index contributed by atoms with van der Waals surface area (Å²) in [7, 11) is 0. The molecule has 0 saturated heterocycles. The van der Waals surface area contributed by atoms with Crippen LogP contribution in [0.25, 0.3) is 44.9 Å². The molecule has 0 radical (unpaired) electrons. The Bertz CT molecular complexity index is 1790. The second-order valence-electron chi connectivity index (χ2n) is 9.02. The predicted octanol–water partition coefficient (Wildman–Crippen LogP) is 7.69. The molecule has 0 fully saturated rings. The fourth-order valence-electron chi connectivity index (χ4n) is 4.38. The maximum Gasteiger partial charge on any atom is 0.158 e. The number of aryl methyl sites for hydroxylation is 2. The summed E-state index contributed by atoms with van der Waals surface area (Å²) in [5.41, 5.74) is 3.97. The molecule has 0 saturated carbocycles. The van der Waals surface area contributed by atoms with Gasteiger partial charge in [0.2, 0.25) is 0 Å². The molecule has 2 aromatic heterocycles. The van der Waals surface area contributed by atoms with E-state index < -0.39 is 0 Å². The van der Waals surface area contributed by atoms with Crippen LogP contribution in [0.3, 0.4) is 0 Å². The number of phenolic OH excluding ortho intramolecular Hbond substituents is 1. The van der Waals surface area contributed by atoms with E-state index in [1.807, 2.05) is 98.9 Å². The van der Waals surface area contributed by atoms with Crippen molar-refractivity contribution < 1.29 is 26.2 Å². The topological polar surface area (TPSA) is 71.8 Å². The van der Waals surface area contributed by atoms with Gasteiger partial charge in [-0.2, -0.15) is 0 Å². The second kappa shape index (κ2) is 11.5. The van der Waals surface area contributed by atoms with E-state index in [-0.39, 0.29) is 26.8 Å². The van der Waals surface area contributed by atoms with Gasteiger partial charge < -0.3 is 5.11 Å². The summed E-state index contributed by atoms with van der Waals surface area (Å²) in [4.78, 5) is 19.9. The van der Waals surface area contributed by atoms with Gasteiger partial charge >= 0.3 is 0 Å². The molecule has 0 aliphatic heterocycles. The first-order chi connectivity index (χ1) is 18.5. The zero-order valence-electron chi connectivity index (χ0n) is 21.2. The molecule has 7 heteroatoms. The summed E-state index contributed by atoms with van der Waals surface area (Å²) >= 11 is 1.56. The molecule has 1 N–H and O–H groups in total. The van der Waals surface area contributed by atoms with Crippen LogP contribution in [0.1, 0.15) is 11.1 Å². The van der Waals surface area contributed by atoms with Crippen molar-refractivity contribution in [3.63, 3.8) is 0 Å². The largest absolute Gasteiger partial charge is 0.507 e. The Balaban J connectivity index is 0.00000308. The van der Waals surface area contributed by atoms with Gasteiger partial charge in [0.1, 0.15) is 10.8 Å². The Morgan fingerprint density at radius 3 is 2.33 bits per heavy atom. The van der Waals surface area contributed by atoms with Gasteiger partial charge in [0.05, 0.1) is 11.4 Å². The van der Waals surface area contributed by atoms with E-state index >= 15 is 0 Å². The predicted molar refractivity (Wildman–Crippen MR) is 152 cm³/mol. The molecular weight excluding hydrogens is 684 g/mol. The Labute approximate surface area is 245 Å². The summed E-state index contributed by atoms with van der Waals surface area (Å²) in [6.07, 6.45) is 1.83. The van der Waals surface area contributed by atoms with Crippen molar-refractivity contribution in [3.8, 4) is 39.9 Å². The van der Waals surface area contributed by atoms with Crippen LogP contribution in [0.5, 0.6) is 5.75 Å². The first-order valence-electron chi connectivity index (χ1n) is 12.2. The fraction of sp³-hybridized carbons (Fsp3) is 0.0625. The van der Waals surface area contributed by atoms with Crippen molar-refractivity contribution in [2.45, 2.75) is 23.8 Å². The summed E-state index contributed by atoms with van der Waals surface area (Å²) in [5, 5.41) is 14.0. The average molecular weight is 707 g/mol. The third-order valence-electron chi connectivity index (χ3n) is 6.21. The summed E-state index contributed by atoms with van der Waals surface area (Å²) in [6, 6.07) is 33.3. The number of aromatic hydroxyl groups is 1. The molecule has 6 rings (SSSR count). The first-order valence-corrected chi connectivity index (χ1v) is 13.0. The fourth-order valence-corrected chi connectivity index (χ4v) is 5.30. The number of hydrogen-bond acceptors (Lipinski definition) is 6. The molecule has 2 heterocycles. The van der Waals surface area contributed by atoms with Crippen LogP contribution in [0.4, 0.5) is 0 Å². The minimum Gasteiger partial charge on any atom is -0.507 e. The van der Waals surface area contributed by atoms with Gasteiger partial charge in [0.25, 0.3) is 0 Å². The minimum absolute atomic E-state index is 0. The monoisotopic (exact) mass is 706 g/mol. The van der Waals surface area contributed by atoms with E-state index in [4.69, 9.17) is 15.0 Å². The SMILES string of the molecule is Cc1cc(C)c(O)c(-c2nc(-c3[c-]c(Sc4nccc5ccccc45)ccc3)nc(-c3ccccc3)n2)c1.[Pt]. The molecule has 194 valence electrons. The standard InChI is InChI=1S/C32H23N4OS.Pt/c1-20-17-21(2)28(37)27(18-20)31-35-29(23-10-4-3-5-11-23)34-30(36-31)24-12-8-13-25(19-24)38-32-26-14-7-6-9-22(26)15-16-33-32;/h3-18,37H,1-2H3;/q-1;. The van der Waals surface area contributed by atoms with Crippen molar-refractivity contribution in [3.05, 3.63) is 114 Å². The Kier molecular flexibility index (Phi) is 7.87.